The molecule has 0 saturated carbocycles. The Hall–Kier alpha value is -1.73. The van der Waals surface area contributed by atoms with Crippen molar-refractivity contribution >= 4 is 17.2 Å². The zero-order valence-electron chi connectivity index (χ0n) is 15.1. The Morgan fingerprint density at radius 3 is 3.04 bits per heavy atom. The summed E-state index contributed by atoms with van der Waals surface area (Å²) in [7, 11) is 0. The molecule has 136 valence electrons. The van der Waals surface area contributed by atoms with E-state index >= 15 is 0 Å². The van der Waals surface area contributed by atoms with Crippen LogP contribution in [0, 0.1) is 11.8 Å². The molecule has 0 spiro atoms. The number of carbonyl (C=O) groups excluding carboxylic acids is 1. The van der Waals surface area contributed by atoms with Gasteiger partial charge in [0.25, 0.3) is 0 Å². The summed E-state index contributed by atoms with van der Waals surface area (Å²) in [4.78, 5) is 19.8. The summed E-state index contributed by atoms with van der Waals surface area (Å²) in [5, 5.41) is 9.18. The van der Waals surface area contributed by atoms with E-state index in [2.05, 4.69) is 27.3 Å². The first kappa shape index (κ1) is 18.1. The molecule has 2 aromatic rings. The molecule has 1 fully saturated rings. The van der Waals surface area contributed by atoms with E-state index in [0.29, 0.717) is 17.6 Å². The van der Waals surface area contributed by atoms with Crippen molar-refractivity contribution < 1.29 is 9.32 Å². The van der Waals surface area contributed by atoms with Gasteiger partial charge in [-0.3, -0.25) is 9.69 Å². The summed E-state index contributed by atoms with van der Waals surface area (Å²) >= 11 is 1.61. The van der Waals surface area contributed by atoms with Crippen molar-refractivity contribution in [2.24, 2.45) is 11.8 Å². The molecule has 1 aliphatic rings. The predicted molar refractivity (Wildman–Crippen MR) is 98.2 cm³/mol. The summed E-state index contributed by atoms with van der Waals surface area (Å²) in [5.41, 5.74) is 0. The van der Waals surface area contributed by atoms with E-state index < -0.39 is 0 Å². The monoisotopic (exact) mass is 362 g/mol. The first-order valence-electron chi connectivity index (χ1n) is 8.94. The van der Waals surface area contributed by atoms with Gasteiger partial charge in [0.2, 0.25) is 17.6 Å². The Kier molecular flexibility index (Phi) is 5.86. The summed E-state index contributed by atoms with van der Waals surface area (Å²) in [6, 6.07) is 4.07. The molecule has 3 heterocycles. The van der Waals surface area contributed by atoms with Gasteiger partial charge < -0.3 is 9.84 Å². The zero-order valence-corrected chi connectivity index (χ0v) is 15.9. The van der Waals surface area contributed by atoms with Crippen molar-refractivity contribution in [1.29, 1.82) is 0 Å². The number of likely N-dealkylation sites (tertiary alicyclic amines) is 1. The minimum atomic E-state index is 0.0349. The second-order valence-electron chi connectivity index (χ2n) is 7.01. The number of hydrogen-bond donors (Lipinski definition) is 1. The molecule has 1 saturated heterocycles. The number of rotatable bonds is 6. The van der Waals surface area contributed by atoms with E-state index in [4.69, 9.17) is 4.52 Å². The third kappa shape index (κ3) is 4.46. The lowest BCUT2D eigenvalue weighted by Crippen LogP contribution is -2.42. The van der Waals surface area contributed by atoms with E-state index in [9.17, 15) is 4.79 Å². The lowest BCUT2D eigenvalue weighted by atomic mass is 9.96. The molecule has 1 amide bonds. The number of nitrogens with one attached hydrogen (secondary N) is 1. The molecule has 0 aromatic carbocycles. The lowest BCUT2D eigenvalue weighted by Gasteiger charge is -2.35. The van der Waals surface area contributed by atoms with Gasteiger partial charge in [-0.15, -0.1) is 11.3 Å². The highest BCUT2D eigenvalue weighted by molar-refractivity contribution is 7.13. The number of hydrogen-bond acceptors (Lipinski definition) is 6. The van der Waals surface area contributed by atoms with Crippen LogP contribution in [0.2, 0.25) is 0 Å². The minimum Gasteiger partial charge on any atom is -0.356 e. The fourth-order valence-corrected chi connectivity index (χ4v) is 3.78. The van der Waals surface area contributed by atoms with Crippen molar-refractivity contribution in [1.82, 2.24) is 20.4 Å². The van der Waals surface area contributed by atoms with Gasteiger partial charge in [0, 0.05) is 19.0 Å². The van der Waals surface area contributed by atoms with Crippen LogP contribution < -0.4 is 5.32 Å². The molecule has 1 N–H and O–H groups in total. The number of carbonyl (C=O) groups is 1. The van der Waals surface area contributed by atoms with Gasteiger partial charge in [-0.1, -0.05) is 25.1 Å². The largest absolute Gasteiger partial charge is 0.356 e. The van der Waals surface area contributed by atoms with E-state index in [0.717, 1.165) is 37.4 Å². The molecule has 2 unspecified atom stereocenters. The van der Waals surface area contributed by atoms with Crippen LogP contribution in [0.3, 0.4) is 0 Å². The van der Waals surface area contributed by atoms with Crippen LogP contribution in [0.15, 0.2) is 22.0 Å². The third-order valence-electron chi connectivity index (χ3n) is 4.73. The van der Waals surface area contributed by atoms with Crippen molar-refractivity contribution in [3.05, 3.63) is 23.4 Å². The Balaban J connectivity index is 1.58. The average Bonchev–Trinajstić information content (AvgIpc) is 3.30. The van der Waals surface area contributed by atoms with Crippen LogP contribution in [-0.4, -0.2) is 40.6 Å². The van der Waals surface area contributed by atoms with Crippen molar-refractivity contribution in [2.75, 3.05) is 19.6 Å². The molecule has 2 atom stereocenters. The number of amides is 1. The Bertz CT molecular complexity index is 683. The van der Waals surface area contributed by atoms with Gasteiger partial charge in [0.05, 0.1) is 10.9 Å². The van der Waals surface area contributed by atoms with E-state index in [1.54, 1.807) is 11.3 Å². The second kappa shape index (κ2) is 8.10. The van der Waals surface area contributed by atoms with E-state index in [1.807, 2.05) is 31.4 Å². The molecule has 2 aromatic heterocycles. The first-order valence-corrected chi connectivity index (χ1v) is 9.81. The molecule has 0 bridgehead atoms. The normalized spacial score (nSPS) is 19.9. The fraction of sp³-hybridized carbons (Fsp3) is 0.611. The summed E-state index contributed by atoms with van der Waals surface area (Å²) < 4.78 is 5.50. The quantitative estimate of drug-likeness (QED) is 0.853. The van der Waals surface area contributed by atoms with Gasteiger partial charge in [-0.2, -0.15) is 4.98 Å². The van der Waals surface area contributed by atoms with Gasteiger partial charge in [0.1, 0.15) is 0 Å². The Morgan fingerprint density at radius 1 is 1.48 bits per heavy atom. The van der Waals surface area contributed by atoms with Crippen molar-refractivity contribution in [2.45, 2.75) is 39.7 Å². The highest BCUT2D eigenvalue weighted by Gasteiger charge is 2.28. The highest BCUT2D eigenvalue weighted by atomic mass is 32.1. The van der Waals surface area contributed by atoms with Crippen LogP contribution in [-0.2, 0) is 4.79 Å². The molecule has 0 aliphatic carbocycles. The number of thiophene rings is 1. The second-order valence-corrected chi connectivity index (χ2v) is 7.96. The average molecular weight is 362 g/mol. The zero-order chi connectivity index (χ0) is 17.8. The minimum absolute atomic E-state index is 0.0349. The number of aromatic nitrogens is 2. The Labute approximate surface area is 152 Å². The molecule has 0 radical (unpaired) electrons. The van der Waals surface area contributed by atoms with E-state index in [1.165, 1.54) is 0 Å². The van der Waals surface area contributed by atoms with Crippen LogP contribution >= 0.6 is 11.3 Å². The van der Waals surface area contributed by atoms with Gasteiger partial charge in [0.15, 0.2) is 0 Å². The van der Waals surface area contributed by atoms with Crippen LogP contribution in [0.4, 0.5) is 0 Å². The lowest BCUT2D eigenvalue weighted by molar-refractivity contribution is -0.124. The van der Waals surface area contributed by atoms with Crippen molar-refractivity contribution in [3.8, 4) is 10.7 Å². The first-order chi connectivity index (χ1) is 12.0. The van der Waals surface area contributed by atoms with Crippen LogP contribution in [0.5, 0.6) is 0 Å². The number of nitrogens with zero attached hydrogens (tertiary/aromatic N) is 3. The molecule has 25 heavy (non-hydrogen) atoms. The molecule has 3 rings (SSSR count). The highest BCUT2D eigenvalue weighted by Crippen LogP contribution is 2.28. The van der Waals surface area contributed by atoms with Gasteiger partial charge in [-0.05, 0) is 43.7 Å². The maximum absolute atomic E-state index is 11.8. The smallest absolute Gasteiger partial charge is 0.244 e. The van der Waals surface area contributed by atoms with Crippen LogP contribution in [0.1, 0.15) is 45.5 Å². The van der Waals surface area contributed by atoms with Gasteiger partial charge >= 0.3 is 0 Å². The topological polar surface area (TPSA) is 71.3 Å². The third-order valence-corrected chi connectivity index (χ3v) is 5.59. The fourth-order valence-electron chi connectivity index (χ4n) is 3.13. The number of piperidine rings is 1. The Morgan fingerprint density at radius 2 is 2.32 bits per heavy atom. The maximum Gasteiger partial charge on any atom is 0.244 e. The summed E-state index contributed by atoms with van der Waals surface area (Å²) in [6.07, 6.45) is 2.27. The molecule has 1 aliphatic heterocycles. The van der Waals surface area contributed by atoms with Crippen molar-refractivity contribution in [3.63, 3.8) is 0 Å². The SMILES string of the molecule is CC(C)C(=O)NCC1CCCN(C(C)c2nc(-c3cccs3)no2)C1. The summed E-state index contributed by atoms with van der Waals surface area (Å²) in [6.45, 7) is 8.66. The molecular weight excluding hydrogens is 336 g/mol. The van der Waals surface area contributed by atoms with Crippen LogP contribution in [0.25, 0.3) is 10.7 Å². The molecule has 7 heteroatoms. The predicted octanol–water partition coefficient (Wildman–Crippen LogP) is 3.34. The van der Waals surface area contributed by atoms with Gasteiger partial charge in [-0.25, -0.2) is 0 Å². The molecule has 6 nitrogen and oxygen atoms in total. The molecular formula is C18H26N4O2S. The van der Waals surface area contributed by atoms with E-state index in [-0.39, 0.29) is 17.9 Å². The standard InChI is InChI=1S/C18H26N4O2S/c1-12(2)17(23)19-10-14-6-4-8-22(11-14)13(3)18-20-16(21-24-18)15-7-5-9-25-15/h5,7,9,12-14H,4,6,8,10-11H2,1-3H3,(H,19,23). The maximum atomic E-state index is 11.8. The summed E-state index contributed by atoms with van der Waals surface area (Å²) in [5.74, 6) is 1.96.